The molecule has 3 rings (SSSR count). The van der Waals surface area contributed by atoms with Crippen molar-refractivity contribution in [2.75, 3.05) is 49.5 Å². The number of nitrogens with one attached hydrogen (secondary N) is 1. The van der Waals surface area contributed by atoms with E-state index in [0.29, 0.717) is 23.7 Å². The summed E-state index contributed by atoms with van der Waals surface area (Å²) >= 11 is 0. The quantitative estimate of drug-likeness (QED) is 0.764. The molecule has 1 amide bonds. The van der Waals surface area contributed by atoms with E-state index < -0.39 is 6.10 Å². The Labute approximate surface area is 164 Å². The summed E-state index contributed by atoms with van der Waals surface area (Å²) in [6.07, 6.45) is -0.616. The van der Waals surface area contributed by atoms with Crippen LogP contribution in [0.15, 0.2) is 48.5 Å². The number of hydrogen-bond donors (Lipinski definition) is 2. The molecule has 1 atom stereocenters. The fraction of sp³-hybridized carbons (Fsp3) is 0.381. The van der Waals surface area contributed by atoms with Crippen LogP contribution in [0.2, 0.25) is 0 Å². The van der Waals surface area contributed by atoms with Gasteiger partial charge in [0.05, 0.1) is 5.69 Å². The number of carbonyl (C=O) groups excluding carboxylic acids is 1. The second-order valence-corrected chi connectivity index (χ2v) is 6.91. The van der Waals surface area contributed by atoms with Crippen molar-refractivity contribution in [3.63, 3.8) is 0 Å². The number of hydrogen-bond acceptors (Lipinski definition) is 5. The number of anilines is 2. The molecule has 0 spiro atoms. The highest BCUT2D eigenvalue weighted by atomic mass is 19.1. The summed E-state index contributed by atoms with van der Waals surface area (Å²) in [7, 11) is 0. The van der Waals surface area contributed by atoms with Crippen LogP contribution in [-0.4, -0.2) is 61.3 Å². The average Bonchev–Trinajstić information content (AvgIpc) is 2.68. The molecule has 0 aromatic heterocycles. The minimum Gasteiger partial charge on any atom is -0.491 e. The Bertz CT molecular complexity index is 777. The van der Waals surface area contributed by atoms with Gasteiger partial charge >= 0.3 is 0 Å². The van der Waals surface area contributed by atoms with E-state index in [1.54, 1.807) is 36.4 Å². The van der Waals surface area contributed by atoms with Crippen molar-refractivity contribution in [1.29, 1.82) is 0 Å². The number of halogens is 1. The maximum Gasteiger partial charge on any atom is 0.221 e. The second kappa shape index (κ2) is 9.52. The zero-order chi connectivity index (χ0) is 19.9. The van der Waals surface area contributed by atoms with E-state index >= 15 is 0 Å². The lowest BCUT2D eigenvalue weighted by Gasteiger charge is -2.36. The molecule has 0 aliphatic carbocycles. The number of ether oxygens (including phenoxy) is 1. The average molecular weight is 387 g/mol. The van der Waals surface area contributed by atoms with Crippen molar-refractivity contribution in [1.82, 2.24) is 4.90 Å². The topological polar surface area (TPSA) is 65.0 Å². The number of amides is 1. The fourth-order valence-electron chi connectivity index (χ4n) is 3.26. The highest BCUT2D eigenvalue weighted by Gasteiger charge is 2.21. The van der Waals surface area contributed by atoms with Crippen LogP contribution in [-0.2, 0) is 4.79 Å². The standard InChI is InChI=1S/C21H26FN3O3/c1-16(26)23-17-6-8-19(9-7-17)28-15-18(27)14-24-10-12-25(13-11-24)21-5-3-2-4-20(21)22/h2-9,18,27H,10-15H2,1H3,(H,23,26)/t18-/m0/s1. The van der Waals surface area contributed by atoms with Crippen molar-refractivity contribution in [3.8, 4) is 5.75 Å². The first-order chi connectivity index (χ1) is 13.5. The molecule has 1 aliphatic heterocycles. The van der Waals surface area contributed by atoms with Gasteiger partial charge in [0.1, 0.15) is 24.3 Å². The number of piperazine rings is 1. The van der Waals surface area contributed by atoms with Gasteiger partial charge in [-0.25, -0.2) is 4.39 Å². The van der Waals surface area contributed by atoms with Crippen molar-refractivity contribution < 1.29 is 19.0 Å². The molecule has 2 aromatic carbocycles. The number of para-hydroxylation sites is 1. The van der Waals surface area contributed by atoms with Crippen LogP contribution in [0.5, 0.6) is 5.75 Å². The molecule has 0 saturated carbocycles. The van der Waals surface area contributed by atoms with Crippen LogP contribution in [0, 0.1) is 5.82 Å². The van der Waals surface area contributed by atoms with Gasteiger partial charge < -0.3 is 20.1 Å². The Kier molecular flexibility index (Phi) is 6.84. The van der Waals surface area contributed by atoms with Crippen molar-refractivity contribution in [3.05, 3.63) is 54.3 Å². The van der Waals surface area contributed by atoms with Gasteiger partial charge in [-0.1, -0.05) is 12.1 Å². The van der Waals surface area contributed by atoms with Crippen LogP contribution in [0.3, 0.4) is 0 Å². The first kappa shape index (κ1) is 20.1. The molecule has 1 heterocycles. The summed E-state index contributed by atoms with van der Waals surface area (Å²) in [5.74, 6) is 0.311. The lowest BCUT2D eigenvalue weighted by Crippen LogP contribution is -2.49. The molecule has 150 valence electrons. The van der Waals surface area contributed by atoms with Crippen LogP contribution in [0.25, 0.3) is 0 Å². The molecule has 0 unspecified atom stereocenters. The summed E-state index contributed by atoms with van der Waals surface area (Å²) in [6.45, 7) is 5.12. The molecular weight excluding hydrogens is 361 g/mol. The van der Waals surface area contributed by atoms with E-state index in [1.165, 1.54) is 13.0 Å². The molecule has 1 aliphatic rings. The van der Waals surface area contributed by atoms with Gasteiger partial charge in [-0.15, -0.1) is 0 Å². The van der Waals surface area contributed by atoms with Gasteiger partial charge in [-0.2, -0.15) is 0 Å². The minimum atomic E-state index is -0.616. The lowest BCUT2D eigenvalue weighted by molar-refractivity contribution is -0.114. The number of aliphatic hydroxyl groups excluding tert-OH is 1. The fourth-order valence-corrected chi connectivity index (χ4v) is 3.26. The highest BCUT2D eigenvalue weighted by Crippen LogP contribution is 2.20. The molecule has 6 nitrogen and oxygen atoms in total. The van der Waals surface area contributed by atoms with E-state index in [4.69, 9.17) is 4.74 Å². The van der Waals surface area contributed by atoms with E-state index in [2.05, 4.69) is 10.2 Å². The Morgan fingerprint density at radius 1 is 1.14 bits per heavy atom. The molecule has 1 fully saturated rings. The summed E-state index contributed by atoms with van der Waals surface area (Å²) in [5, 5.41) is 13.0. The first-order valence-electron chi connectivity index (χ1n) is 9.41. The van der Waals surface area contributed by atoms with E-state index in [1.807, 2.05) is 11.0 Å². The Morgan fingerprint density at radius 2 is 1.82 bits per heavy atom. The van der Waals surface area contributed by atoms with Crippen molar-refractivity contribution in [2.24, 2.45) is 0 Å². The van der Waals surface area contributed by atoms with Gasteiger partial charge in [-0.05, 0) is 36.4 Å². The zero-order valence-corrected chi connectivity index (χ0v) is 16.0. The van der Waals surface area contributed by atoms with Gasteiger partial charge in [-0.3, -0.25) is 9.69 Å². The Hall–Kier alpha value is -2.64. The van der Waals surface area contributed by atoms with Crippen LogP contribution >= 0.6 is 0 Å². The third-order valence-corrected chi connectivity index (χ3v) is 4.65. The molecular formula is C21H26FN3O3. The summed E-state index contributed by atoms with van der Waals surface area (Å²) in [4.78, 5) is 15.2. The predicted octanol–water partition coefficient (Wildman–Crippen LogP) is 2.35. The molecule has 2 aromatic rings. The third-order valence-electron chi connectivity index (χ3n) is 4.65. The number of benzene rings is 2. The number of rotatable bonds is 7. The van der Waals surface area contributed by atoms with E-state index in [-0.39, 0.29) is 18.3 Å². The minimum absolute atomic E-state index is 0.126. The summed E-state index contributed by atoms with van der Waals surface area (Å²) in [6, 6.07) is 13.8. The third kappa shape index (κ3) is 5.68. The molecule has 2 N–H and O–H groups in total. The van der Waals surface area contributed by atoms with Gasteiger partial charge in [0.15, 0.2) is 0 Å². The van der Waals surface area contributed by atoms with E-state index in [0.717, 1.165) is 26.2 Å². The highest BCUT2D eigenvalue weighted by molar-refractivity contribution is 5.88. The number of carbonyl (C=O) groups is 1. The van der Waals surface area contributed by atoms with Gasteiger partial charge in [0.2, 0.25) is 5.91 Å². The number of β-amino-alcohol motifs (C(OH)–C–C–N with tert-alkyl or cyclic N) is 1. The van der Waals surface area contributed by atoms with E-state index in [9.17, 15) is 14.3 Å². The molecule has 28 heavy (non-hydrogen) atoms. The molecule has 0 bridgehead atoms. The lowest BCUT2D eigenvalue weighted by atomic mass is 10.2. The predicted molar refractivity (Wildman–Crippen MR) is 107 cm³/mol. The molecule has 7 heteroatoms. The maximum absolute atomic E-state index is 13.9. The van der Waals surface area contributed by atoms with Crippen LogP contribution in [0.1, 0.15) is 6.92 Å². The Morgan fingerprint density at radius 3 is 2.46 bits per heavy atom. The van der Waals surface area contributed by atoms with Gasteiger partial charge in [0.25, 0.3) is 0 Å². The monoisotopic (exact) mass is 387 g/mol. The van der Waals surface area contributed by atoms with Crippen LogP contribution in [0.4, 0.5) is 15.8 Å². The normalized spacial score (nSPS) is 15.9. The summed E-state index contributed by atoms with van der Waals surface area (Å²) in [5.41, 5.74) is 1.34. The van der Waals surface area contributed by atoms with Crippen molar-refractivity contribution >= 4 is 17.3 Å². The number of aliphatic hydroxyl groups is 1. The molecule has 0 radical (unpaired) electrons. The Balaban J connectivity index is 1.40. The SMILES string of the molecule is CC(=O)Nc1ccc(OC[C@@H](O)CN2CCN(c3ccccc3F)CC2)cc1. The smallest absolute Gasteiger partial charge is 0.221 e. The largest absolute Gasteiger partial charge is 0.491 e. The van der Waals surface area contributed by atoms with Crippen LogP contribution < -0.4 is 15.0 Å². The van der Waals surface area contributed by atoms with Gasteiger partial charge in [0, 0.05) is 45.3 Å². The molecule has 1 saturated heterocycles. The second-order valence-electron chi connectivity index (χ2n) is 6.91. The maximum atomic E-state index is 13.9. The zero-order valence-electron chi connectivity index (χ0n) is 16.0. The number of nitrogens with zero attached hydrogens (tertiary/aromatic N) is 2. The summed E-state index contributed by atoms with van der Waals surface area (Å²) < 4.78 is 19.5. The first-order valence-corrected chi connectivity index (χ1v) is 9.41. The van der Waals surface area contributed by atoms with Crippen molar-refractivity contribution in [2.45, 2.75) is 13.0 Å².